The van der Waals surface area contributed by atoms with Crippen LogP contribution in [0.5, 0.6) is 0 Å². The number of nitrogens with one attached hydrogen (secondary N) is 1. The number of aryl methyl sites for hydroxylation is 1. The molecule has 1 N–H and O–H groups in total. The quantitative estimate of drug-likeness (QED) is 0.637. The van der Waals surface area contributed by atoms with Crippen LogP contribution in [0.2, 0.25) is 0 Å². The van der Waals surface area contributed by atoms with Crippen molar-refractivity contribution in [2.24, 2.45) is 0 Å². The molecule has 0 fully saturated rings. The summed E-state index contributed by atoms with van der Waals surface area (Å²) in [5.74, 6) is -0.0174. The summed E-state index contributed by atoms with van der Waals surface area (Å²) in [6.45, 7) is 3.86. The Kier molecular flexibility index (Phi) is 5.33. The highest BCUT2D eigenvalue weighted by molar-refractivity contribution is 8.02. The summed E-state index contributed by atoms with van der Waals surface area (Å²) >= 11 is 3.06. The van der Waals surface area contributed by atoms with Crippen LogP contribution in [-0.2, 0) is 4.79 Å². The van der Waals surface area contributed by atoms with Crippen molar-refractivity contribution in [1.82, 2.24) is 4.98 Å². The first-order chi connectivity index (χ1) is 11.6. The Morgan fingerprint density at radius 2 is 1.83 bits per heavy atom. The van der Waals surface area contributed by atoms with Crippen molar-refractivity contribution in [3.63, 3.8) is 0 Å². The fraction of sp³-hybridized carbons (Fsp3) is 0.158. The minimum atomic E-state index is -0.209. The number of para-hydroxylation sites is 1. The molecule has 0 radical (unpaired) electrons. The zero-order valence-electron chi connectivity index (χ0n) is 13.5. The summed E-state index contributed by atoms with van der Waals surface area (Å²) in [6, 6.07) is 17.9. The number of benzene rings is 2. The van der Waals surface area contributed by atoms with E-state index in [0.717, 1.165) is 26.8 Å². The molecule has 2 aromatic carbocycles. The Morgan fingerprint density at radius 3 is 2.54 bits per heavy atom. The van der Waals surface area contributed by atoms with Gasteiger partial charge in [-0.15, -0.1) is 11.3 Å². The van der Waals surface area contributed by atoms with Crippen LogP contribution in [-0.4, -0.2) is 16.1 Å². The molecule has 0 bridgehead atoms. The van der Waals surface area contributed by atoms with Gasteiger partial charge in [0.05, 0.1) is 5.25 Å². The Labute approximate surface area is 150 Å². The zero-order valence-corrected chi connectivity index (χ0v) is 15.2. The van der Waals surface area contributed by atoms with Gasteiger partial charge < -0.3 is 5.32 Å². The number of carbonyl (C=O) groups is 1. The van der Waals surface area contributed by atoms with Gasteiger partial charge in [0, 0.05) is 22.3 Å². The predicted octanol–water partition coefficient (Wildman–Crippen LogP) is 5.24. The molecule has 1 atom stereocenters. The van der Waals surface area contributed by atoms with Gasteiger partial charge in [-0.3, -0.25) is 4.79 Å². The third kappa shape index (κ3) is 4.04. The molecule has 0 aliphatic heterocycles. The molecule has 1 heterocycles. The second-order valence-electron chi connectivity index (χ2n) is 5.42. The van der Waals surface area contributed by atoms with E-state index >= 15 is 0 Å². The van der Waals surface area contributed by atoms with E-state index in [9.17, 15) is 4.79 Å². The van der Waals surface area contributed by atoms with Gasteiger partial charge in [0.15, 0.2) is 4.34 Å². The second kappa shape index (κ2) is 7.64. The Hall–Kier alpha value is -2.11. The van der Waals surface area contributed by atoms with Crippen LogP contribution in [0.15, 0.2) is 64.3 Å². The molecule has 0 saturated carbocycles. The van der Waals surface area contributed by atoms with Crippen LogP contribution in [0.25, 0.3) is 11.1 Å². The lowest BCUT2D eigenvalue weighted by atomic mass is 10.0. The molecule has 0 aliphatic carbocycles. The fourth-order valence-corrected chi connectivity index (χ4v) is 4.27. The van der Waals surface area contributed by atoms with Gasteiger partial charge in [0.1, 0.15) is 0 Å². The lowest BCUT2D eigenvalue weighted by Crippen LogP contribution is -2.22. The van der Waals surface area contributed by atoms with Gasteiger partial charge in [-0.25, -0.2) is 4.98 Å². The standard InChI is InChI=1S/C19H18N2OS2/c1-13-12-23-19(20-13)24-14(2)18(22)21-17-11-7-6-10-16(17)15-8-4-3-5-9-15/h3-12,14H,1-2H3,(H,21,22). The van der Waals surface area contributed by atoms with E-state index in [1.165, 1.54) is 11.8 Å². The minimum absolute atomic E-state index is 0.0174. The number of thioether (sulfide) groups is 1. The number of nitrogens with zero attached hydrogens (tertiary/aromatic N) is 1. The molecule has 0 saturated heterocycles. The first-order valence-electron chi connectivity index (χ1n) is 7.67. The lowest BCUT2D eigenvalue weighted by molar-refractivity contribution is -0.115. The molecule has 1 unspecified atom stereocenters. The number of hydrogen-bond donors (Lipinski definition) is 1. The maximum Gasteiger partial charge on any atom is 0.237 e. The number of aromatic nitrogens is 1. The summed E-state index contributed by atoms with van der Waals surface area (Å²) in [5.41, 5.74) is 3.93. The van der Waals surface area contributed by atoms with Crippen molar-refractivity contribution in [3.8, 4) is 11.1 Å². The fourth-order valence-electron chi connectivity index (χ4n) is 2.29. The number of carbonyl (C=O) groups excluding carboxylic acids is 1. The predicted molar refractivity (Wildman–Crippen MR) is 103 cm³/mol. The largest absolute Gasteiger partial charge is 0.325 e. The molecule has 3 rings (SSSR count). The number of anilines is 1. The van der Waals surface area contributed by atoms with Gasteiger partial charge >= 0.3 is 0 Å². The zero-order chi connectivity index (χ0) is 16.9. The molecule has 3 aromatic rings. The average molecular weight is 355 g/mol. The van der Waals surface area contributed by atoms with E-state index in [-0.39, 0.29) is 11.2 Å². The van der Waals surface area contributed by atoms with Crippen LogP contribution in [0.1, 0.15) is 12.6 Å². The number of hydrogen-bond acceptors (Lipinski definition) is 4. The summed E-state index contributed by atoms with van der Waals surface area (Å²) in [5, 5.41) is 4.84. The maximum atomic E-state index is 12.6. The first kappa shape index (κ1) is 16.7. The molecule has 5 heteroatoms. The van der Waals surface area contributed by atoms with Gasteiger partial charge in [-0.05, 0) is 25.5 Å². The Morgan fingerprint density at radius 1 is 1.12 bits per heavy atom. The molecule has 24 heavy (non-hydrogen) atoms. The molecule has 0 spiro atoms. The van der Waals surface area contributed by atoms with E-state index in [1.54, 1.807) is 11.3 Å². The highest BCUT2D eigenvalue weighted by Gasteiger charge is 2.17. The topological polar surface area (TPSA) is 42.0 Å². The summed E-state index contributed by atoms with van der Waals surface area (Å²) in [7, 11) is 0. The van der Waals surface area contributed by atoms with Crippen molar-refractivity contribution in [1.29, 1.82) is 0 Å². The van der Waals surface area contributed by atoms with Gasteiger partial charge in [0.25, 0.3) is 0 Å². The highest BCUT2D eigenvalue weighted by atomic mass is 32.2. The monoisotopic (exact) mass is 354 g/mol. The molecular formula is C19H18N2OS2. The number of rotatable bonds is 5. The highest BCUT2D eigenvalue weighted by Crippen LogP contribution is 2.30. The van der Waals surface area contributed by atoms with Crippen LogP contribution in [0.3, 0.4) is 0 Å². The first-order valence-corrected chi connectivity index (χ1v) is 9.43. The molecular weight excluding hydrogens is 336 g/mol. The molecule has 0 aliphatic rings. The minimum Gasteiger partial charge on any atom is -0.325 e. The van der Waals surface area contributed by atoms with Crippen molar-refractivity contribution < 1.29 is 4.79 Å². The second-order valence-corrected chi connectivity index (χ2v) is 7.86. The molecule has 1 amide bonds. The van der Waals surface area contributed by atoms with Crippen molar-refractivity contribution >= 4 is 34.7 Å². The normalized spacial score (nSPS) is 11.9. The van der Waals surface area contributed by atoms with Gasteiger partial charge in [0.2, 0.25) is 5.91 Å². The van der Waals surface area contributed by atoms with Crippen molar-refractivity contribution in [3.05, 3.63) is 65.7 Å². The van der Waals surface area contributed by atoms with Crippen LogP contribution in [0.4, 0.5) is 5.69 Å². The average Bonchev–Trinajstić information content (AvgIpc) is 3.01. The van der Waals surface area contributed by atoms with Gasteiger partial charge in [-0.1, -0.05) is 60.3 Å². The molecule has 3 nitrogen and oxygen atoms in total. The van der Waals surface area contributed by atoms with E-state index in [2.05, 4.69) is 10.3 Å². The van der Waals surface area contributed by atoms with Gasteiger partial charge in [-0.2, -0.15) is 0 Å². The number of amides is 1. The van der Waals surface area contributed by atoms with E-state index in [0.29, 0.717) is 0 Å². The van der Waals surface area contributed by atoms with Crippen molar-refractivity contribution in [2.75, 3.05) is 5.32 Å². The van der Waals surface area contributed by atoms with E-state index in [4.69, 9.17) is 0 Å². The number of thiazole rings is 1. The third-order valence-electron chi connectivity index (χ3n) is 3.51. The maximum absolute atomic E-state index is 12.6. The smallest absolute Gasteiger partial charge is 0.237 e. The lowest BCUT2D eigenvalue weighted by Gasteiger charge is -2.14. The van der Waals surface area contributed by atoms with Crippen molar-refractivity contribution in [2.45, 2.75) is 23.4 Å². The SMILES string of the molecule is Cc1csc(SC(C)C(=O)Nc2ccccc2-c2ccccc2)n1. The van der Waals surface area contributed by atoms with E-state index in [1.807, 2.05) is 73.8 Å². The summed E-state index contributed by atoms with van der Waals surface area (Å²) in [4.78, 5) is 17.0. The Balaban J connectivity index is 1.75. The third-order valence-corrected chi connectivity index (χ3v) is 5.70. The van der Waals surface area contributed by atoms with E-state index < -0.39 is 0 Å². The molecule has 122 valence electrons. The molecule has 1 aromatic heterocycles. The summed E-state index contributed by atoms with van der Waals surface area (Å²) < 4.78 is 0.923. The van der Waals surface area contributed by atoms with Crippen LogP contribution < -0.4 is 5.32 Å². The Bertz CT molecular complexity index is 830. The van der Waals surface area contributed by atoms with Crippen LogP contribution in [0, 0.1) is 6.92 Å². The summed E-state index contributed by atoms with van der Waals surface area (Å²) in [6.07, 6.45) is 0. The van der Waals surface area contributed by atoms with Crippen LogP contribution >= 0.6 is 23.1 Å².